The molecule has 4 nitrogen and oxygen atoms in total. The number of halogens is 7. The fourth-order valence-electron chi connectivity index (χ4n) is 4.11. The number of hydrogen-bond donors (Lipinski definition) is 2. The summed E-state index contributed by atoms with van der Waals surface area (Å²) >= 11 is 31.7. The van der Waals surface area contributed by atoms with Crippen molar-refractivity contribution in [2.24, 2.45) is 5.73 Å². The van der Waals surface area contributed by atoms with Gasteiger partial charge in [-0.25, -0.2) is 8.78 Å². The third-order valence-corrected chi connectivity index (χ3v) is 7.50. The Morgan fingerprint density at radius 2 is 1.53 bits per heavy atom. The van der Waals surface area contributed by atoms with Crippen molar-refractivity contribution in [2.45, 2.75) is 15.7 Å². The number of nitrogens with one attached hydrogen (secondary N) is 1. The second-order valence-electron chi connectivity index (χ2n) is 7.71. The van der Waals surface area contributed by atoms with E-state index < -0.39 is 39.1 Å². The number of hydrogen-bond acceptors (Lipinski definition) is 2. The van der Waals surface area contributed by atoms with Gasteiger partial charge in [0, 0.05) is 21.5 Å². The van der Waals surface area contributed by atoms with Crippen molar-refractivity contribution >= 4 is 75.5 Å². The average Bonchev–Trinajstić information content (AvgIpc) is 3.28. The van der Waals surface area contributed by atoms with Crippen LogP contribution in [0.4, 0.5) is 14.5 Å². The molecule has 1 saturated carbocycles. The first-order chi connectivity index (χ1) is 15.9. The fraction of sp³-hybridized carbons (Fsp3) is 0.130. The van der Waals surface area contributed by atoms with E-state index in [1.807, 2.05) is 0 Å². The second kappa shape index (κ2) is 8.85. The summed E-state index contributed by atoms with van der Waals surface area (Å²) in [5.41, 5.74) is 4.88. The summed E-state index contributed by atoms with van der Waals surface area (Å²) in [6, 6.07) is 11.7. The molecule has 2 atom stereocenters. The van der Waals surface area contributed by atoms with Gasteiger partial charge in [0.05, 0.1) is 10.7 Å². The van der Waals surface area contributed by atoms with Gasteiger partial charge in [-0.05, 0) is 59.7 Å². The van der Waals surface area contributed by atoms with Gasteiger partial charge in [-0.2, -0.15) is 0 Å². The first-order valence-electron chi connectivity index (χ1n) is 9.59. The smallest absolute Gasteiger partial charge is 0.255 e. The first kappa shape index (κ1) is 25.0. The molecule has 3 aromatic rings. The zero-order valence-corrected chi connectivity index (χ0v) is 20.6. The third-order valence-electron chi connectivity index (χ3n) is 5.70. The normalized spacial score (nSPS) is 20.6. The summed E-state index contributed by atoms with van der Waals surface area (Å²) in [5, 5.41) is 3.25. The van der Waals surface area contributed by atoms with Crippen LogP contribution in [0.2, 0.25) is 15.1 Å². The molecule has 0 heterocycles. The Labute approximate surface area is 217 Å². The highest BCUT2D eigenvalue weighted by Gasteiger charge is 2.80. The minimum atomic E-state index is -1.66. The van der Waals surface area contributed by atoms with Crippen molar-refractivity contribution in [1.82, 2.24) is 0 Å². The number of carbonyl (C=O) groups excluding carboxylic acids is 2. The van der Waals surface area contributed by atoms with E-state index in [4.69, 9.17) is 63.7 Å². The van der Waals surface area contributed by atoms with Crippen LogP contribution in [0.3, 0.4) is 0 Å². The predicted octanol–water partition coefficient (Wildman–Crippen LogP) is 6.87. The van der Waals surface area contributed by atoms with Gasteiger partial charge in [0.25, 0.3) is 5.91 Å². The lowest BCUT2D eigenvalue weighted by Crippen LogP contribution is -2.34. The van der Waals surface area contributed by atoms with Crippen LogP contribution < -0.4 is 11.1 Å². The van der Waals surface area contributed by atoms with Crippen LogP contribution in [0, 0.1) is 11.6 Å². The predicted molar refractivity (Wildman–Crippen MR) is 130 cm³/mol. The molecule has 0 radical (unpaired) electrons. The highest BCUT2D eigenvalue weighted by molar-refractivity contribution is 6.55. The molecule has 2 unspecified atom stereocenters. The molecule has 4 rings (SSSR count). The maximum Gasteiger partial charge on any atom is 0.255 e. The molecule has 1 fully saturated rings. The minimum absolute atomic E-state index is 0.0773. The zero-order chi connectivity index (χ0) is 25.0. The monoisotopic (exact) mass is 562 g/mol. The largest absolute Gasteiger partial charge is 0.369 e. The van der Waals surface area contributed by atoms with Gasteiger partial charge in [-0.3, -0.25) is 9.59 Å². The Bertz CT molecular complexity index is 1330. The molecule has 0 spiro atoms. The highest BCUT2D eigenvalue weighted by atomic mass is 35.5. The maximum absolute atomic E-state index is 13.5. The molecule has 1 aliphatic carbocycles. The van der Waals surface area contributed by atoms with Crippen molar-refractivity contribution < 1.29 is 18.4 Å². The Kier molecular flexibility index (Phi) is 6.51. The number of primary amides is 1. The highest BCUT2D eigenvalue weighted by Crippen LogP contribution is 2.74. The van der Waals surface area contributed by atoms with E-state index in [1.165, 1.54) is 24.3 Å². The van der Waals surface area contributed by atoms with E-state index in [1.54, 1.807) is 12.1 Å². The van der Waals surface area contributed by atoms with Crippen LogP contribution in [0.25, 0.3) is 0 Å². The summed E-state index contributed by atoms with van der Waals surface area (Å²) in [5.74, 6) is -4.67. The van der Waals surface area contributed by atoms with Gasteiger partial charge in [0.1, 0.15) is 9.75 Å². The van der Waals surface area contributed by atoms with E-state index in [-0.39, 0.29) is 21.8 Å². The van der Waals surface area contributed by atoms with Gasteiger partial charge >= 0.3 is 0 Å². The Balaban J connectivity index is 1.75. The van der Waals surface area contributed by atoms with Crippen LogP contribution >= 0.6 is 58.0 Å². The van der Waals surface area contributed by atoms with Crippen molar-refractivity contribution in [3.05, 3.63) is 98.0 Å². The Morgan fingerprint density at radius 3 is 2.12 bits per heavy atom. The fourth-order valence-corrected chi connectivity index (χ4v) is 5.91. The Morgan fingerprint density at radius 1 is 0.882 bits per heavy atom. The molecule has 3 aromatic carbocycles. The molecule has 0 aromatic heterocycles. The van der Waals surface area contributed by atoms with E-state index in [2.05, 4.69) is 5.32 Å². The zero-order valence-electron chi connectivity index (χ0n) is 16.8. The first-order valence-corrected chi connectivity index (χ1v) is 11.5. The van der Waals surface area contributed by atoms with Crippen molar-refractivity contribution in [1.29, 1.82) is 0 Å². The summed E-state index contributed by atoms with van der Waals surface area (Å²) < 4.78 is 25.1. The maximum atomic E-state index is 13.5. The van der Waals surface area contributed by atoms with Crippen molar-refractivity contribution in [3.63, 3.8) is 0 Å². The lowest BCUT2D eigenvalue weighted by molar-refractivity contribution is -0.120. The quantitative estimate of drug-likeness (QED) is 0.332. The molecule has 0 bridgehead atoms. The molecule has 2 amide bonds. The summed E-state index contributed by atoms with van der Waals surface area (Å²) in [4.78, 5) is 25.3. The standard InChI is InChI=1S/C23H13Cl5F2N2O2/c24-13-5-11(6-14(25)9-13)19-22(21(31)34,23(19,27)28)12-2-3-15(26)18(8-12)32-20(33)10-1-4-16(29)17(30)7-10/h1-9,19H,(H2,31,34)(H,32,33). The van der Waals surface area contributed by atoms with E-state index in [9.17, 15) is 18.4 Å². The number of benzene rings is 3. The van der Waals surface area contributed by atoms with Crippen molar-refractivity contribution in [2.75, 3.05) is 5.32 Å². The number of carbonyl (C=O) groups is 2. The number of anilines is 1. The lowest BCUT2D eigenvalue weighted by Gasteiger charge is -2.18. The van der Waals surface area contributed by atoms with Gasteiger partial charge in [-0.15, -0.1) is 0 Å². The van der Waals surface area contributed by atoms with Crippen LogP contribution in [0.5, 0.6) is 0 Å². The van der Waals surface area contributed by atoms with Gasteiger partial charge in [-0.1, -0.05) is 64.1 Å². The molecular weight excluding hydrogens is 552 g/mol. The van der Waals surface area contributed by atoms with Gasteiger partial charge < -0.3 is 11.1 Å². The number of alkyl halides is 2. The molecule has 3 N–H and O–H groups in total. The summed E-state index contributed by atoms with van der Waals surface area (Å²) in [7, 11) is 0. The molecule has 1 aliphatic rings. The second-order valence-corrected chi connectivity index (χ2v) is 10.4. The molecule has 176 valence electrons. The van der Waals surface area contributed by atoms with E-state index in [0.717, 1.165) is 18.2 Å². The van der Waals surface area contributed by atoms with Crippen LogP contribution in [-0.2, 0) is 10.2 Å². The summed E-state index contributed by atoms with van der Waals surface area (Å²) in [6.07, 6.45) is 0. The minimum Gasteiger partial charge on any atom is -0.369 e. The number of nitrogens with two attached hydrogens (primary N) is 1. The van der Waals surface area contributed by atoms with Crippen LogP contribution in [-0.4, -0.2) is 16.1 Å². The topological polar surface area (TPSA) is 72.2 Å². The molecule has 11 heteroatoms. The molecule has 34 heavy (non-hydrogen) atoms. The van der Waals surface area contributed by atoms with E-state index in [0.29, 0.717) is 15.6 Å². The third kappa shape index (κ3) is 4.01. The molecule has 0 saturated heterocycles. The van der Waals surface area contributed by atoms with Gasteiger partial charge in [0.15, 0.2) is 11.6 Å². The van der Waals surface area contributed by atoms with Crippen LogP contribution in [0.1, 0.15) is 27.4 Å². The summed E-state index contributed by atoms with van der Waals surface area (Å²) in [6.45, 7) is 0. The SMILES string of the molecule is NC(=O)C1(c2ccc(Cl)c(NC(=O)c3ccc(F)c(F)c3)c2)C(c2cc(Cl)cc(Cl)c2)C1(Cl)Cl. The Hall–Kier alpha value is -2.09. The van der Waals surface area contributed by atoms with Crippen LogP contribution in [0.15, 0.2) is 54.6 Å². The molecular formula is C23H13Cl5F2N2O2. The lowest BCUT2D eigenvalue weighted by atomic mass is 9.89. The average molecular weight is 565 g/mol. The van der Waals surface area contributed by atoms with E-state index >= 15 is 0 Å². The molecule has 0 aliphatic heterocycles. The number of amides is 2. The number of rotatable bonds is 5. The van der Waals surface area contributed by atoms with Crippen molar-refractivity contribution in [3.8, 4) is 0 Å². The van der Waals surface area contributed by atoms with Gasteiger partial charge in [0.2, 0.25) is 5.91 Å².